The van der Waals surface area contributed by atoms with E-state index in [4.69, 9.17) is 9.47 Å². The van der Waals surface area contributed by atoms with Crippen LogP contribution in [-0.2, 0) is 19.1 Å². The maximum absolute atomic E-state index is 11.5. The minimum atomic E-state index is -0.417. The van der Waals surface area contributed by atoms with E-state index >= 15 is 0 Å². The van der Waals surface area contributed by atoms with Gasteiger partial charge in [0.05, 0.1) is 13.2 Å². The second-order valence-corrected chi connectivity index (χ2v) is 6.33. The van der Waals surface area contributed by atoms with Gasteiger partial charge in [-0.1, -0.05) is 84.5 Å². The van der Waals surface area contributed by atoms with Crippen molar-refractivity contribution in [1.29, 1.82) is 0 Å². The van der Waals surface area contributed by atoms with Gasteiger partial charge in [-0.3, -0.25) is 16.0 Å². The van der Waals surface area contributed by atoms with Crippen LogP contribution in [0.4, 0.5) is 0 Å². The number of carbonyl (C=O) groups excluding carboxylic acids is 2. The molecule has 0 spiro atoms. The minimum Gasteiger partial charge on any atom is -0.488 e. The third-order valence-electron chi connectivity index (χ3n) is 3.94. The molecule has 0 amide bonds. The molecule has 0 aromatic heterocycles. The Morgan fingerprint density at radius 1 is 0.680 bits per heavy atom. The number of ether oxygens (including phenoxy) is 2. The van der Waals surface area contributed by atoms with Crippen LogP contribution in [0.3, 0.4) is 0 Å². The maximum Gasteiger partial charge on any atom is 1.00 e. The molecule has 25 heavy (non-hydrogen) atoms. The van der Waals surface area contributed by atoms with Crippen LogP contribution in [0.5, 0.6) is 0 Å². The molecule has 0 unspecified atom stereocenters. The molecule has 0 N–H and O–H groups in total. The summed E-state index contributed by atoms with van der Waals surface area (Å²) >= 11 is 0. The van der Waals surface area contributed by atoms with E-state index in [0.717, 1.165) is 25.7 Å². The van der Waals surface area contributed by atoms with Crippen LogP contribution in [-0.4, -0.2) is 25.2 Å². The average molecular weight is 365 g/mol. The quantitative estimate of drug-likeness (QED) is 0.172. The van der Waals surface area contributed by atoms with Crippen LogP contribution in [0, 0.1) is 6.42 Å². The molecule has 0 fully saturated rings. The molecule has 0 aliphatic heterocycles. The topological polar surface area (TPSA) is 52.6 Å². The van der Waals surface area contributed by atoms with Crippen molar-refractivity contribution in [1.82, 2.24) is 0 Å². The van der Waals surface area contributed by atoms with E-state index in [9.17, 15) is 9.59 Å². The summed E-state index contributed by atoms with van der Waals surface area (Å²) in [5.41, 5.74) is 0. The summed E-state index contributed by atoms with van der Waals surface area (Å²) < 4.78 is 10.2. The fourth-order valence-corrected chi connectivity index (χ4v) is 2.41. The van der Waals surface area contributed by atoms with Gasteiger partial charge in [-0.25, -0.2) is 0 Å². The molecular weight excluding hydrogens is 327 g/mol. The first kappa shape index (κ1) is 27.0. The zero-order valence-electron chi connectivity index (χ0n) is 16.8. The van der Waals surface area contributed by atoms with E-state index in [2.05, 4.69) is 13.8 Å². The van der Waals surface area contributed by atoms with Crippen molar-refractivity contribution in [3.8, 4) is 0 Å². The number of carbonyl (C=O) groups is 2. The van der Waals surface area contributed by atoms with E-state index in [1.165, 1.54) is 57.8 Å². The van der Waals surface area contributed by atoms with Crippen LogP contribution in [0.15, 0.2) is 0 Å². The Morgan fingerprint density at radius 3 is 1.64 bits per heavy atom. The van der Waals surface area contributed by atoms with Gasteiger partial charge in [0, 0.05) is 0 Å². The third kappa shape index (κ3) is 21.8. The second kappa shape index (κ2) is 21.9. The predicted molar refractivity (Wildman–Crippen MR) is 97.6 cm³/mol. The molecule has 0 aliphatic rings. The number of esters is 2. The Kier molecular flexibility index (Phi) is 23.6. The van der Waals surface area contributed by atoms with Gasteiger partial charge < -0.3 is 9.47 Å². The Labute approximate surface area is 177 Å². The van der Waals surface area contributed by atoms with Crippen LogP contribution >= 0.6 is 0 Å². The molecule has 0 saturated carbocycles. The number of unbranched alkanes of at least 4 members (excludes halogenated alkanes) is 10. The Balaban J connectivity index is 0. The zero-order chi connectivity index (χ0) is 17.9. The molecule has 0 aliphatic carbocycles. The standard InChI is InChI=1S/C20H37O4.Na/c1-3-5-7-9-11-13-17-23-19(21)15-16-20(22)24-18-14-12-10-8-6-4-2;/h15H,3-14,16-18H2,1-2H3;/q-1;+1. The van der Waals surface area contributed by atoms with Crippen LogP contribution < -0.4 is 29.6 Å². The number of rotatable bonds is 17. The first-order chi connectivity index (χ1) is 11.7. The van der Waals surface area contributed by atoms with Crippen molar-refractivity contribution in [3.63, 3.8) is 0 Å². The van der Waals surface area contributed by atoms with Crippen molar-refractivity contribution >= 4 is 11.9 Å². The van der Waals surface area contributed by atoms with Gasteiger partial charge in [-0.2, -0.15) is 0 Å². The maximum atomic E-state index is 11.5. The molecule has 0 radical (unpaired) electrons. The van der Waals surface area contributed by atoms with Gasteiger partial charge in [0.15, 0.2) is 5.97 Å². The minimum absolute atomic E-state index is 0. The molecular formula is C20H37NaO4. The zero-order valence-corrected chi connectivity index (χ0v) is 18.8. The first-order valence-electron chi connectivity index (χ1n) is 9.86. The summed E-state index contributed by atoms with van der Waals surface area (Å²) in [5, 5.41) is 0. The molecule has 0 atom stereocenters. The van der Waals surface area contributed by atoms with Crippen molar-refractivity contribution in [2.75, 3.05) is 13.2 Å². The molecule has 5 heteroatoms. The van der Waals surface area contributed by atoms with Crippen molar-refractivity contribution in [2.45, 2.75) is 97.3 Å². The Bertz CT molecular complexity index is 278. The van der Waals surface area contributed by atoms with Gasteiger partial charge in [-0.15, -0.1) is 0 Å². The van der Waals surface area contributed by atoms with Crippen LogP contribution in [0.25, 0.3) is 0 Å². The van der Waals surface area contributed by atoms with Gasteiger partial charge in [0.2, 0.25) is 0 Å². The van der Waals surface area contributed by atoms with E-state index < -0.39 is 5.97 Å². The van der Waals surface area contributed by atoms with Crippen molar-refractivity contribution in [2.24, 2.45) is 0 Å². The Hall–Kier alpha value is -0.190. The van der Waals surface area contributed by atoms with Gasteiger partial charge in [-0.05, 0) is 12.8 Å². The summed E-state index contributed by atoms with van der Waals surface area (Å²) in [6, 6.07) is 0. The van der Waals surface area contributed by atoms with Crippen LogP contribution in [0.1, 0.15) is 97.3 Å². The summed E-state index contributed by atoms with van der Waals surface area (Å²) in [5.74, 6) is -0.764. The van der Waals surface area contributed by atoms with Gasteiger partial charge in [0.25, 0.3) is 5.97 Å². The molecule has 0 saturated heterocycles. The second-order valence-electron chi connectivity index (χ2n) is 6.33. The predicted octanol–water partition coefficient (Wildman–Crippen LogP) is 2.39. The summed E-state index contributed by atoms with van der Waals surface area (Å²) in [6.45, 7) is 5.27. The smallest absolute Gasteiger partial charge is 0.488 e. The normalized spacial score (nSPS) is 10.0. The van der Waals surface area contributed by atoms with E-state index in [0.29, 0.717) is 13.2 Å². The summed E-state index contributed by atoms with van der Waals surface area (Å²) in [6.07, 6.45) is 15.2. The fraction of sp³-hybridized carbons (Fsp3) is 0.850. The summed E-state index contributed by atoms with van der Waals surface area (Å²) in [7, 11) is 0. The van der Waals surface area contributed by atoms with Crippen molar-refractivity contribution in [3.05, 3.63) is 6.42 Å². The molecule has 0 bridgehead atoms. The van der Waals surface area contributed by atoms with Crippen LogP contribution in [0.2, 0.25) is 0 Å². The van der Waals surface area contributed by atoms with Gasteiger partial charge in [0.1, 0.15) is 0 Å². The average Bonchev–Trinajstić information content (AvgIpc) is 2.58. The van der Waals surface area contributed by atoms with E-state index in [1.54, 1.807) is 0 Å². The van der Waals surface area contributed by atoms with E-state index in [1.807, 2.05) is 0 Å². The van der Waals surface area contributed by atoms with Gasteiger partial charge >= 0.3 is 29.6 Å². The Morgan fingerprint density at radius 2 is 1.12 bits per heavy atom. The number of hydrogen-bond acceptors (Lipinski definition) is 4. The van der Waals surface area contributed by atoms with E-state index in [-0.39, 0.29) is 41.9 Å². The largest absolute Gasteiger partial charge is 1.00 e. The fourth-order valence-electron chi connectivity index (χ4n) is 2.41. The molecule has 0 aromatic carbocycles. The monoisotopic (exact) mass is 364 g/mol. The molecule has 0 aromatic rings. The SMILES string of the molecule is CCCCCCCCOC(=O)[CH-]CC(=O)OCCCCCCCC.[Na+]. The number of hydrogen-bond donors (Lipinski definition) is 0. The van der Waals surface area contributed by atoms with Crippen molar-refractivity contribution < 1.29 is 48.6 Å². The first-order valence-corrected chi connectivity index (χ1v) is 9.86. The third-order valence-corrected chi connectivity index (χ3v) is 3.94. The summed E-state index contributed by atoms with van der Waals surface area (Å²) in [4.78, 5) is 23.0. The molecule has 0 heterocycles. The molecule has 4 nitrogen and oxygen atoms in total. The molecule has 0 rings (SSSR count). The molecule has 142 valence electrons.